The first-order valence-electron chi connectivity index (χ1n) is 7.38. The monoisotopic (exact) mass is 279 g/mol. The Morgan fingerprint density at radius 3 is 2.90 bits per heavy atom. The molecule has 0 aliphatic heterocycles. The minimum Gasteiger partial charge on any atom is -0.508 e. The van der Waals surface area contributed by atoms with Gasteiger partial charge >= 0.3 is 0 Å². The van der Waals surface area contributed by atoms with E-state index in [2.05, 4.69) is 5.32 Å². The van der Waals surface area contributed by atoms with E-state index in [0.717, 1.165) is 43.4 Å². The molecule has 20 heavy (non-hydrogen) atoms. The van der Waals surface area contributed by atoms with Crippen LogP contribution in [0.15, 0.2) is 18.2 Å². The zero-order chi connectivity index (χ0) is 14.4. The van der Waals surface area contributed by atoms with Crippen LogP contribution in [0, 0.1) is 5.92 Å². The summed E-state index contributed by atoms with van der Waals surface area (Å²) in [4.78, 5) is 0. The predicted molar refractivity (Wildman–Crippen MR) is 79.2 cm³/mol. The Kier molecular flexibility index (Phi) is 5.68. The van der Waals surface area contributed by atoms with E-state index in [-0.39, 0.29) is 6.04 Å². The fourth-order valence-electron chi connectivity index (χ4n) is 2.14. The Morgan fingerprint density at radius 1 is 1.40 bits per heavy atom. The van der Waals surface area contributed by atoms with E-state index in [1.165, 1.54) is 12.8 Å². The first-order chi connectivity index (χ1) is 9.70. The van der Waals surface area contributed by atoms with Crippen molar-refractivity contribution in [1.82, 2.24) is 5.32 Å². The van der Waals surface area contributed by atoms with Crippen molar-refractivity contribution < 1.29 is 14.6 Å². The van der Waals surface area contributed by atoms with Gasteiger partial charge in [0.15, 0.2) is 0 Å². The van der Waals surface area contributed by atoms with Crippen LogP contribution >= 0.6 is 0 Å². The van der Waals surface area contributed by atoms with Gasteiger partial charge in [-0.05, 0) is 56.8 Å². The van der Waals surface area contributed by atoms with Gasteiger partial charge in [-0.1, -0.05) is 0 Å². The number of phenolic OH excluding ortho intramolecular Hbond substituents is 1. The topological polar surface area (TPSA) is 50.7 Å². The summed E-state index contributed by atoms with van der Waals surface area (Å²) in [5.74, 6) is 1.89. The third-order valence-corrected chi connectivity index (χ3v) is 3.67. The molecule has 1 fully saturated rings. The van der Waals surface area contributed by atoms with Gasteiger partial charge in [-0.25, -0.2) is 0 Å². The molecule has 0 amide bonds. The van der Waals surface area contributed by atoms with Gasteiger partial charge in [0.05, 0.1) is 7.11 Å². The Bertz CT molecular complexity index is 418. The molecule has 0 saturated heterocycles. The molecule has 1 aliphatic rings. The first kappa shape index (κ1) is 15.1. The van der Waals surface area contributed by atoms with Crippen molar-refractivity contribution in [2.24, 2.45) is 5.92 Å². The smallest absolute Gasteiger partial charge is 0.120 e. The highest BCUT2D eigenvalue weighted by Gasteiger charge is 2.20. The summed E-state index contributed by atoms with van der Waals surface area (Å²) >= 11 is 0. The molecule has 1 unspecified atom stereocenters. The van der Waals surface area contributed by atoms with Crippen molar-refractivity contribution in [3.8, 4) is 11.5 Å². The number of rotatable bonds is 9. The highest BCUT2D eigenvalue weighted by molar-refractivity contribution is 5.41. The number of nitrogens with one attached hydrogen (secondary N) is 1. The molecule has 4 nitrogen and oxygen atoms in total. The van der Waals surface area contributed by atoms with Crippen molar-refractivity contribution in [3.05, 3.63) is 23.8 Å². The largest absolute Gasteiger partial charge is 0.508 e. The molecule has 1 saturated carbocycles. The van der Waals surface area contributed by atoms with Crippen LogP contribution in [0.5, 0.6) is 11.5 Å². The summed E-state index contributed by atoms with van der Waals surface area (Å²) in [5.41, 5.74) is 0.864. The number of ether oxygens (including phenoxy) is 2. The number of methoxy groups -OCH3 is 1. The molecule has 0 bridgehead atoms. The minimum absolute atomic E-state index is 0.0912. The highest BCUT2D eigenvalue weighted by atomic mass is 16.5. The van der Waals surface area contributed by atoms with E-state index in [1.54, 1.807) is 19.2 Å². The fourth-order valence-corrected chi connectivity index (χ4v) is 2.14. The van der Waals surface area contributed by atoms with Crippen molar-refractivity contribution in [2.45, 2.75) is 32.2 Å². The minimum atomic E-state index is 0.0912. The van der Waals surface area contributed by atoms with Gasteiger partial charge in [-0.2, -0.15) is 0 Å². The Labute approximate surface area is 121 Å². The van der Waals surface area contributed by atoms with E-state index in [4.69, 9.17) is 9.47 Å². The van der Waals surface area contributed by atoms with Gasteiger partial charge < -0.3 is 19.9 Å². The summed E-state index contributed by atoms with van der Waals surface area (Å²) in [6.07, 6.45) is 3.66. The van der Waals surface area contributed by atoms with E-state index >= 15 is 0 Å². The lowest BCUT2D eigenvalue weighted by Gasteiger charge is -2.16. The quantitative estimate of drug-likeness (QED) is 0.682. The van der Waals surface area contributed by atoms with Crippen LogP contribution in [0.25, 0.3) is 0 Å². The third-order valence-electron chi connectivity index (χ3n) is 3.67. The van der Waals surface area contributed by atoms with E-state index in [0.29, 0.717) is 5.75 Å². The highest BCUT2D eigenvalue weighted by Crippen LogP contribution is 2.29. The standard InChI is InChI=1S/C16H25NO3/c1-12(15-10-14(19-2)6-7-16(15)18)17-8-3-9-20-11-13-4-5-13/h6-7,10,12-13,17-18H,3-5,8-9,11H2,1-2H3. The number of benzene rings is 1. The van der Waals surface area contributed by atoms with Crippen molar-refractivity contribution in [2.75, 3.05) is 26.9 Å². The molecule has 0 spiro atoms. The molecular formula is C16H25NO3. The van der Waals surface area contributed by atoms with Crippen LogP contribution in [-0.4, -0.2) is 32.0 Å². The number of phenols is 1. The van der Waals surface area contributed by atoms with E-state index in [9.17, 15) is 5.11 Å². The number of aromatic hydroxyl groups is 1. The molecule has 1 aromatic carbocycles. The normalized spacial score (nSPS) is 16.1. The summed E-state index contributed by atoms with van der Waals surface area (Å²) in [5, 5.41) is 13.3. The molecule has 112 valence electrons. The first-order valence-corrected chi connectivity index (χ1v) is 7.38. The lowest BCUT2D eigenvalue weighted by molar-refractivity contribution is 0.121. The second-order valence-corrected chi connectivity index (χ2v) is 5.47. The number of hydrogen-bond acceptors (Lipinski definition) is 4. The predicted octanol–water partition coefficient (Wildman–Crippen LogP) is 2.87. The van der Waals surface area contributed by atoms with Gasteiger partial charge in [0.25, 0.3) is 0 Å². The maximum atomic E-state index is 9.89. The summed E-state index contributed by atoms with van der Waals surface area (Å²) in [7, 11) is 1.63. The van der Waals surface area contributed by atoms with Gasteiger partial charge in [-0.15, -0.1) is 0 Å². The van der Waals surface area contributed by atoms with Crippen LogP contribution in [0.2, 0.25) is 0 Å². The molecule has 1 atom stereocenters. The molecule has 1 aromatic rings. The summed E-state index contributed by atoms with van der Waals surface area (Å²) in [6.45, 7) is 4.65. The van der Waals surface area contributed by atoms with Gasteiger partial charge in [0.1, 0.15) is 11.5 Å². The lowest BCUT2D eigenvalue weighted by Crippen LogP contribution is -2.21. The third kappa shape index (κ3) is 4.69. The van der Waals surface area contributed by atoms with Crippen LogP contribution in [0.4, 0.5) is 0 Å². The van der Waals surface area contributed by atoms with Crippen LogP contribution < -0.4 is 10.1 Å². The second kappa shape index (κ2) is 7.50. The Balaban J connectivity index is 1.68. The zero-order valence-corrected chi connectivity index (χ0v) is 12.4. The van der Waals surface area contributed by atoms with Gasteiger partial charge in [0, 0.05) is 24.8 Å². The Hall–Kier alpha value is -1.26. The van der Waals surface area contributed by atoms with Gasteiger partial charge in [0.2, 0.25) is 0 Å². The molecular weight excluding hydrogens is 254 g/mol. The zero-order valence-electron chi connectivity index (χ0n) is 12.4. The maximum absolute atomic E-state index is 9.89. The molecule has 1 aliphatic carbocycles. The SMILES string of the molecule is COc1ccc(O)c(C(C)NCCCOCC2CC2)c1. The van der Waals surface area contributed by atoms with Crippen LogP contribution in [-0.2, 0) is 4.74 Å². The molecule has 4 heteroatoms. The fraction of sp³-hybridized carbons (Fsp3) is 0.625. The van der Waals surface area contributed by atoms with E-state index < -0.39 is 0 Å². The van der Waals surface area contributed by atoms with Crippen molar-refractivity contribution in [1.29, 1.82) is 0 Å². The average Bonchev–Trinajstić information content (AvgIpc) is 3.27. The average molecular weight is 279 g/mol. The molecule has 0 radical (unpaired) electrons. The summed E-state index contributed by atoms with van der Waals surface area (Å²) in [6, 6.07) is 5.40. The summed E-state index contributed by atoms with van der Waals surface area (Å²) < 4.78 is 10.8. The lowest BCUT2D eigenvalue weighted by atomic mass is 10.1. The van der Waals surface area contributed by atoms with Gasteiger partial charge in [-0.3, -0.25) is 0 Å². The molecule has 2 N–H and O–H groups in total. The second-order valence-electron chi connectivity index (χ2n) is 5.47. The van der Waals surface area contributed by atoms with Crippen molar-refractivity contribution in [3.63, 3.8) is 0 Å². The molecule has 2 rings (SSSR count). The Morgan fingerprint density at radius 2 is 2.20 bits per heavy atom. The van der Waals surface area contributed by atoms with Crippen LogP contribution in [0.1, 0.15) is 37.8 Å². The number of hydrogen-bond donors (Lipinski definition) is 2. The van der Waals surface area contributed by atoms with E-state index in [1.807, 2.05) is 13.0 Å². The molecule has 0 aromatic heterocycles. The van der Waals surface area contributed by atoms with Crippen LogP contribution in [0.3, 0.4) is 0 Å². The maximum Gasteiger partial charge on any atom is 0.120 e. The van der Waals surface area contributed by atoms with Crippen molar-refractivity contribution >= 4 is 0 Å². The molecule has 0 heterocycles.